The predicted molar refractivity (Wildman–Crippen MR) is 127 cm³/mol. The van der Waals surface area contributed by atoms with Crippen molar-refractivity contribution in [2.24, 2.45) is 0 Å². The second kappa shape index (κ2) is 11.2. The van der Waals surface area contributed by atoms with Crippen molar-refractivity contribution >= 4 is 17.4 Å². The van der Waals surface area contributed by atoms with Crippen molar-refractivity contribution in [3.63, 3.8) is 0 Å². The maximum absolute atomic E-state index is 13.5. The van der Waals surface area contributed by atoms with Crippen molar-refractivity contribution in [1.29, 1.82) is 0 Å². The van der Waals surface area contributed by atoms with Crippen LogP contribution in [0.5, 0.6) is 11.5 Å². The Morgan fingerprint density at radius 1 is 1.06 bits per heavy atom. The van der Waals surface area contributed by atoms with Gasteiger partial charge in [0.1, 0.15) is 23.1 Å². The van der Waals surface area contributed by atoms with Crippen LogP contribution in [0.3, 0.4) is 0 Å². The molecule has 2 aromatic rings. The molecular weight excluding hydrogens is 439 g/mol. The van der Waals surface area contributed by atoms with Gasteiger partial charge in [0.05, 0.1) is 25.8 Å². The lowest BCUT2D eigenvalue weighted by Crippen LogP contribution is -2.33. The molecule has 1 atom stereocenters. The number of ether oxygens (including phenoxy) is 2. The molecule has 1 amide bonds. The minimum absolute atomic E-state index is 0.0639. The van der Waals surface area contributed by atoms with E-state index < -0.39 is 23.5 Å². The SMILES string of the molecule is CCN(CC)CCCN1C(=O)C(=O)C(=C(O)c2ccc(F)cc2)[C@@H]1c1cc(OC)ccc1OC. The van der Waals surface area contributed by atoms with E-state index in [0.29, 0.717) is 30.0 Å². The molecule has 0 spiro atoms. The molecule has 2 aromatic carbocycles. The number of Topliss-reactive ketones (excluding diaryl/α,β-unsaturated/α-hetero) is 1. The number of aliphatic hydroxyl groups is 1. The summed E-state index contributed by atoms with van der Waals surface area (Å²) in [6.45, 7) is 6.97. The van der Waals surface area contributed by atoms with Gasteiger partial charge in [0.25, 0.3) is 11.7 Å². The van der Waals surface area contributed by atoms with Crippen LogP contribution in [0.4, 0.5) is 4.39 Å². The number of amides is 1. The minimum Gasteiger partial charge on any atom is -0.507 e. The van der Waals surface area contributed by atoms with E-state index in [1.165, 1.54) is 43.4 Å². The molecule has 1 heterocycles. The average Bonchev–Trinajstić information content (AvgIpc) is 3.11. The van der Waals surface area contributed by atoms with Crippen molar-refractivity contribution in [2.45, 2.75) is 26.3 Å². The van der Waals surface area contributed by atoms with E-state index in [1.807, 2.05) is 0 Å². The normalized spacial score (nSPS) is 17.5. The number of ketones is 1. The quantitative estimate of drug-likeness (QED) is 0.321. The first kappa shape index (κ1) is 25.2. The third-order valence-electron chi connectivity index (χ3n) is 6.16. The summed E-state index contributed by atoms with van der Waals surface area (Å²) < 4.78 is 24.4. The Labute approximate surface area is 199 Å². The molecular formula is C26H31FN2O5. The van der Waals surface area contributed by atoms with Crippen molar-refractivity contribution in [3.05, 3.63) is 65.0 Å². The number of carbonyl (C=O) groups is 2. The minimum atomic E-state index is -0.883. The second-order valence-corrected chi connectivity index (χ2v) is 7.99. The molecule has 34 heavy (non-hydrogen) atoms. The van der Waals surface area contributed by atoms with Gasteiger partial charge < -0.3 is 24.4 Å². The highest BCUT2D eigenvalue weighted by molar-refractivity contribution is 6.46. The summed E-state index contributed by atoms with van der Waals surface area (Å²) in [6.07, 6.45) is 0.647. The molecule has 1 fully saturated rings. The lowest BCUT2D eigenvalue weighted by atomic mass is 9.94. The first-order chi connectivity index (χ1) is 16.4. The van der Waals surface area contributed by atoms with Crippen LogP contribution >= 0.6 is 0 Å². The number of likely N-dealkylation sites (tertiary alicyclic amines) is 1. The Hall–Kier alpha value is -3.39. The monoisotopic (exact) mass is 470 g/mol. The van der Waals surface area contributed by atoms with Gasteiger partial charge in [-0.15, -0.1) is 0 Å². The summed E-state index contributed by atoms with van der Waals surface area (Å²) in [5, 5.41) is 11.1. The zero-order valence-electron chi connectivity index (χ0n) is 20.0. The van der Waals surface area contributed by atoms with Gasteiger partial charge in [-0.25, -0.2) is 4.39 Å². The lowest BCUT2D eigenvalue weighted by molar-refractivity contribution is -0.140. The van der Waals surface area contributed by atoms with E-state index in [1.54, 1.807) is 18.2 Å². The number of carbonyl (C=O) groups excluding carboxylic acids is 2. The van der Waals surface area contributed by atoms with E-state index >= 15 is 0 Å². The smallest absolute Gasteiger partial charge is 0.295 e. The van der Waals surface area contributed by atoms with Crippen molar-refractivity contribution < 1.29 is 28.6 Å². The molecule has 7 nitrogen and oxygen atoms in total. The third-order valence-corrected chi connectivity index (χ3v) is 6.16. The first-order valence-corrected chi connectivity index (χ1v) is 11.3. The van der Waals surface area contributed by atoms with Crippen molar-refractivity contribution in [3.8, 4) is 11.5 Å². The molecule has 1 N–H and O–H groups in total. The van der Waals surface area contributed by atoms with Gasteiger partial charge >= 0.3 is 0 Å². The summed E-state index contributed by atoms with van der Waals surface area (Å²) in [7, 11) is 3.02. The fraction of sp³-hybridized carbons (Fsp3) is 0.385. The van der Waals surface area contributed by atoms with Crippen LogP contribution in [-0.2, 0) is 9.59 Å². The Morgan fingerprint density at radius 3 is 2.32 bits per heavy atom. The molecule has 0 aromatic heterocycles. The van der Waals surface area contributed by atoms with Crippen molar-refractivity contribution in [2.75, 3.05) is 40.4 Å². The number of hydrogen-bond donors (Lipinski definition) is 1. The van der Waals surface area contributed by atoms with Gasteiger partial charge in [-0.3, -0.25) is 9.59 Å². The molecule has 182 valence electrons. The predicted octanol–water partition coefficient (Wildman–Crippen LogP) is 4.00. The van der Waals surface area contributed by atoms with E-state index in [2.05, 4.69) is 18.7 Å². The molecule has 0 bridgehead atoms. The highest BCUT2D eigenvalue weighted by Crippen LogP contribution is 2.43. The Balaban J connectivity index is 2.13. The maximum Gasteiger partial charge on any atom is 0.295 e. The van der Waals surface area contributed by atoms with Crippen LogP contribution in [0.1, 0.15) is 37.4 Å². The van der Waals surface area contributed by atoms with E-state index in [-0.39, 0.29) is 16.9 Å². The molecule has 1 aliphatic rings. The van der Waals surface area contributed by atoms with E-state index in [4.69, 9.17) is 9.47 Å². The maximum atomic E-state index is 13.5. The highest BCUT2D eigenvalue weighted by Gasteiger charge is 2.47. The zero-order valence-corrected chi connectivity index (χ0v) is 20.0. The van der Waals surface area contributed by atoms with Gasteiger partial charge in [-0.1, -0.05) is 13.8 Å². The number of benzene rings is 2. The van der Waals surface area contributed by atoms with Crippen molar-refractivity contribution in [1.82, 2.24) is 9.80 Å². The highest BCUT2D eigenvalue weighted by atomic mass is 19.1. The number of nitrogens with zero attached hydrogens (tertiary/aromatic N) is 2. The number of methoxy groups -OCH3 is 2. The van der Waals surface area contributed by atoms with Crippen LogP contribution in [0.2, 0.25) is 0 Å². The molecule has 0 unspecified atom stereocenters. The summed E-state index contributed by atoms with van der Waals surface area (Å²) in [5.74, 6) is -1.35. The summed E-state index contributed by atoms with van der Waals surface area (Å²) in [5.41, 5.74) is 0.702. The molecule has 1 aliphatic heterocycles. The first-order valence-electron chi connectivity index (χ1n) is 11.3. The van der Waals surface area contributed by atoms with Crippen LogP contribution in [0.15, 0.2) is 48.0 Å². The van der Waals surface area contributed by atoms with Gasteiger partial charge in [-0.05, 0) is 68.5 Å². The average molecular weight is 471 g/mol. The Bertz CT molecular complexity index is 1060. The fourth-order valence-electron chi connectivity index (χ4n) is 4.25. The van der Waals surface area contributed by atoms with Crippen LogP contribution in [0, 0.1) is 5.82 Å². The molecule has 8 heteroatoms. The molecule has 3 rings (SSSR count). The second-order valence-electron chi connectivity index (χ2n) is 7.99. The third kappa shape index (κ3) is 5.07. The van der Waals surface area contributed by atoms with Gasteiger partial charge in [0.2, 0.25) is 0 Å². The molecule has 0 saturated carbocycles. The van der Waals surface area contributed by atoms with Gasteiger partial charge in [0.15, 0.2) is 0 Å². The summed E-state index contributed by atoms with van der Waals surface area (Å²) in [6, 6.07) is 9.36. The molecule has 1 saturated heterocycles. The summed E-state index contributed by atoms with van der Waals surface area (Å²) >= 11 is 0. The largest absolute Gasteiger partial charge is 0.507 e. The Kier molecular flexibility index (Phi) is 8.28. The lowest BCUT2D eigenvalue weighted by Gasteiger charge is -2.28. The fourth-order valence-corrected chi connectivity index (χ4v) is 4.25. The number of halogens is 1. The standard InChI is InChI=1S/C26H31FN2O5/c1-5-28(6-2)14-7-15-29-23(20-16-19(33-3)12-13-21(20)34-4)22(25(31)26(29)32)24(30)17-8-10-18(27)11-9-17/h8-13,16,23,30H,5-7,14-15H2,1-4H3/t23-/m0/s1. The summed E-state index contributed by atoms with van der Waals surface area (Å²) in [4.78, 5) is 30.0. The number of rotatable bonds is 10. The van der Waals surface area contributed by atoms with Gasteiger partial charge in [0, 0.05) is 17.7 Å². The molecule has 0 aliphatic carbocycles. The van der Waals surface area contributed by atoms with Crippen LogP contribution in [-0.4, -0.2) is 67.0 Å². The molecule has 0 radical (unpaired) electrons. The van der Waals surface area contributed by atoms with Gasteiger partial charge in [-0.2, -0.15) is 0 Å². The Morgan fingerprint density at radius 2 is 1.74 bits per heavy atom. The van der Waals surface area contributed by atoms with Crippen LogP contribution in [0.25, 0.3) is 5.76 Å². The van der Waals surface area contributed by atoms with Crippen LogP contribution < -0.4 is 9.47 Å². The van der Waals surface area contributed by atoms with E-state index in [0.717, 1.165) is 19.6 Å². The number of aliphatic hydroxyl groups excluding tert-OH is 1. The van der Waals surface area contributed by atoms with E-state index in [9.17, 15) is 19.1 Å². The zero-order chi connectivity index (χ0) is 24.8. The number of hydrogen-bond acceptors (Lipinski definition) is 6. The topological polar surface area (TPSA) is 79.3 Å².